The first-order chi connectivity index (χ1) is 11.9. The summed E-state index contributed by atoms with van der Waals surface area (Å²) >= 11 is 0. The van der Waals surface area contributed by atoms with E-state index in [4.69, 9.17) is 4.74 Å². The van der Waals surface area contributed by atoms with Crippen LogP contribution in [0.15, 0.2) is 30.3 Å². The Bertz CT molecular complexity index is 710. The molecule has 0 bridgehead atoms. The van der Waals surface area contributed by atoms with Crippen molar-refractivity contribution in [3.05, 3.63) is 46.0 Å². The Hall–Kier alpha value is -2.50. The highest BCUT2D eigenvalue weighted by atomic mass is 16.6. The Labute approximate surface area is 147 Å². The zero-order valence-corrected chi connectivity index (χ0v) is 14.6. The molecule has 0 heterocycles. The number of nitrogens with zero attached hydrogens (tertiary/aromatic N) is 1. The number of rotatable bonds is 7. The Morgan fingerprint density at radius 3 is 2.72 bits per heavy atom. The van der Waals surface area contributed by atoms with Crippen molar-refractivity contribution in [3.8, 4) is 0 Å². The summed E-state index contributed by atoms with van der Waals surface area (Å²) in [4.78, 5) is 34.2. The van der Waals surface area contributed by atoms with E-state index < -0.39 is 4.92 Å². The van der Waals surface area contributed by atoms with Gasteiger partial charge in [-0.15, -0.1) is 0 Å². The Morgan fingerprint density at radius 1 is 1.36 bits per heavy atom. The monoisotopic (exact) mass is 345 g/mol. The lowest BCUT2D eigenvalue weighted by Crippen LogP contribution is -2.25. The molecule has 6 nitrogen and oxygen atoms in total. The molecule has 2 rings (SSSR count). The zero-order chi connectivity index (χ0) is 18.4. The number of hydrogen-bond donors (Lipinski definition) is 0. The lowest BCUT2D eigenvalue weighted by molar-refractivity contribution is -0.385. The third-order valence-corrected chi connectivity index (χ3v) is 4.82. The van der Waals surface area contributed by atoms with Gasteiger partial charge in [0.15, 0.2) is 5.78 Å². The molecule has 0 amide bonds. The topological polar surface area (TPSA) is 86.5 Å². The lowest BCUT2D eigenvalue weighted by Gasteiger charge is -2.34. The van der Waals surface area contributed by atoms with Crippen molar-refractivity contribution in [2.45, 2.75) is 46.0 Å². The number of Topliss-reactive ketones (excluding diaryl/α,β-unsaturated/α-hetero) is 1. The van der Waals surface area contributed by atoms with E-state index in [0.29, 0.717) is 37.0 Å². The van der Waals surface area contributed by atoms with E-state index in [1.54, 1.807) is 18.2 Å². The number of carbonyl (C=O) groups excluding carboxylic acids is 2. The zero-order valence-electron chi connectivity index (χ0n) is 14.6. The third-order valence-electron chi connectivity index (χ3n) is 4.82. The maximum absolute atomic E-state index is 12.4. The molecule has 0 saturated heterocycles. The number of ether oxygens (including phenoxy) is 1. The number of ketones is 1. The first-order valence-corrected chi connectivity index (χ1v) is 8.52. The van der Waals surface area contributed by atoms with Gasteiger partial charge in [-0.1, -0.05) is 25.1 Å². The van der Waals surface area contributed by atoms with Crippen LogP contribution in [0.25, 0.3) is 5.57 Å². The van der Waals surface area contributed by atoms with Crippen LogP contribution in [0.2, 0.25) is 0 Å². The molecule has 1 aliphatic rings. The van der Waals surface area contributed by atoms with Crippen molar-refractivity contribution in [3.63, 3.8) is 0 Å². The fourth-order valence-corrected chi connectivity index (χ4v) is 3.34. The summed E-state index contributed by atoms with van der Waals surface area (Å²) in [6.07, 6.45) is 5.29. The second-order valence-corrected chi connectivity index (χ2v) is 6.41. The Balaban J connectivity index is 2.31. The molecule has 134 valence electrons. The molecule has 1 aliphatic carbocycles. The van der Waals surface area contributed by atoms with Crippen molar-refractivity contribution in [2.24, 2.45) is 5.41 Å². The summed E-state index contributed by atoms with van der Waals surface area (Å²) in [6, 6.07) is 6.36. The van der Waals surface area contributed by atoms with Gasteiger partial charge >= 0.3 is 5.97 Å². The van der Waals surface area contributed by atoms with Gasteiger partial charge in [0.2, 0.25) is 0 Å². The molecule has 0 fully saturated rings. The van der Waals surface area contributed by atoms with Crippen molar-refractivity contribution in [2.75, 3.05) is 6.61 Å². The van der Waals surface area contributed by atoms with Crippen molar-refractivity contribution < 1.29 is 19.2 Å². The van der Waals surface area contributed by atoms with Crippen LogP contribution >= 0.6 is 0 Å². The molecular weight excluding hydrogens is 322 g/mol. The van der Waals surface area contributed by atoms with E-state index in [-0.39, 0.29) is 22.9 Å². The average Bonchev–Trinajstić information content (AvgIpc) is 2.60. The minimum Gasteiger partial charge on any atom is -0.466 e. The fraction of sp³-hybridized carbons (Fsp3) is 0.474. The SMILES string of the molecule is CCC1(CCCOC(C)=O)C=C(c2ccccc2[N+](=O)[O-])C(=O)CC1. The molecule has 0 radical (unpaired) electrons. The molecular formula is C19H23NO5. The average molecular weight is 345 g/mol. The maximum atomic E-state index is 12.4. The first-order valence-electron chi connectivity index (χ1n) is 8.52. The number of nitro groups is 1. The van der Waals surface area contributed by atoms with Crippen molar-refractivity contribution in [1.29, 1.82) is 0 Å². The predicted octanol–water partition coefficient (Wildman–Crippen LogP) is 4.08. The summed E-state index contributed by atoms with van der Waals surface area (Å²) < 4.78 is 4.99. The van der Waals surface area contributed by atoms with Gasteiger partial charge in [0.1, 0.15) is 0 Å². The molecule has 1 aromatic rings. The molecule has 1 aromatic carbocycles. The number of esters is 1. The number of carbonyl (C=O) groups is 2. The molecule has 1 atom stereocenters. The second kappa shape index (κ2) is 8.05. The van der Waals surface area contributed by atoms with Crippen LogP contribution in [-0.4, -0.2) is 23.3 Å². The molecule has 1 unspecified atom stereocenters. The van der Waals surface area contributed by atoms with E-state index in [1.807, 2.05) is 6.08 Å². The van der Waals surface area contributed by atoms with Gasteiger partial charge in [0.25, 0.3) is 5.69 Å². The van der Waals surface area contributed by atoms with Crippen LogP contribution in [-0.2, 0) is 14.3 Å². The van der Waals surface area contributed by atoms with Gasteiger partial charge in [-0.05, 0) is 37.2 Å². The van der Waals surface area contributed by atoms with Crippen molar-refractivity contribution >= 4 is 23.0 Å². The quantitative estimate of drug-likeness (QED) is 0.322. The van der Waals surface area contributed by atoms with Crippen molar-refractivity contribution in [1.82, 2.24) is 0 Å². The number of benzene rings is 1. The summed E-state index contributed by atoms with van der Waals surface area (Å²) in [5.41, 5.74) is 0.574. The van der Waals surface area contributed by atoms with Crippen LogP contribution < -0.4 is 0 Å². The van der Waals surface area contributed by atoms with Gasteiger partial charge in [0.05, 0.1) is 17.1 Å². The van der Waals surface area contributed by atoms with Gasteiger partial charge in [-0.25, -0.2) is 0 Å². The van der Waals surface area contributed by atoms with E-state index >= 15 is 0 Å². The molecule has 6 heteroatoms. The smallest absolute Gasteiger partial charge is 0.302 e. The predicted molar refractivity (Wildman–Crippen MR) is 93.9 cm³/mol. The summed E-state index contributed by atoms with van der Waals surface area (Å²) in [7, 11) is 0. The summed E-state index contributed by atoms with van der Waals surface area (Å²) in [6.45, 7) is 3.77. The van der Waals surface area contributed by atoms with E-state index in [9.17, 15) is 19.7 Å². The van der Waals surface area contributed by atoms with Crippen LogP contribution in [0.1, 0.15) is 51.5 Å². The number of allylic oxidation sites excluding steroid dienone is 2. The number of hydrogen-bond acceptors (Lipinski definition) is 5. The molecule has 25 heavy (non-hydrogen) atoms. The van der Waals surface area contributed by atoms with E-state index in [2.05, 4.69) is 6.92 Å². The minimum absolute atomic E-state index is 0.0473. The molecule has 0 saturated carbocycles. The minimum atomic E-state index is -0.452. The highest BCUT2D eigenvalue weighted by molar-refractivity contribution is 6.22. The molecule has 0 aromatic heterocycles. The highest BCUT2D eigenvalue weighted by Gasteiger charge is 2.34. The van der Waals surface area contributed by atoms with Crippen LogP contribution in [0, 0.1) is 15.5 Å². The van der Waals surface area contributed by atoms with Gasteiger partial charge < -0.3 is 4.74 Å². The van der Waals surface area contributed by atoms with E-state index in [0.717, 1.165) is 12.8 Å². The second-order valence-electron chi connectivity index (χ2n) is 6.41. The van der Waals surface area contributed by atoms with Crippen LogP contribution in [0.5, 0.6) is 0 Å². The van der Waals surface area contributed by atoms with Gasteiger partial charge in [-0.3, -0.25) is 19.7 Å². The molecule has 0 spiro atoms. The summed E-state index contributed by atoms with van der Waals surface area (Å²) in [5, 5.41) is 11.3. The molecule has 0 N–H and O–H groups in total. The van der Waals surface area contributed by atoms with Gasteiger partial charge in [0, 0.05) is 25.0 Å². The van der Waals surface area contributed by atoms with Crippen LogP contribution in [0.3, 0.4) is 0 Å². The molecule has 0 aliphatic heterocycles. The number of nitro benzene ring substituents is 1. The van der Waals surface area contributed by atoms with Crippen LogP contribution in [0.4, 0.5) is 5.69 Å². The Kier molecular flexibility index (Phi) is 6.07. The normalized spacial score (nSPS) is 20.1. The standard InChI is InChI=1S/C19H23NO5/c1-3-19(10-6-12-25-14(2)21)11-9-18(22)16(13-19)15-7-4-5-8-17(15)20(23)24/h4-5,7-8,13H,3,6,9-12H2,1-2H3. The Morgan fingerprint density at radius 2 is 2.08 bits per heavy atom. The third kappa shape index (κ3) is 4.53. The first kappa shape index (κ1) is 18.8. The summed E-state index contributed by atoms with van der Waals surface area (Å²) in [5.74, 6) is -0.362. The van der Waals surface area contributed by atoms with Gasteiger partial charge in [-0.2, -0.15) is 0 Å². The lowest BCUT2D eigenvalue weighted by atomic mass is 9.70. The number of para-hydroxylation sites is 1. The fourth-order valence-electron chi connectivity index (χ4n) is 3.34. The van der Waals surface area contributed by atoms with E-state index in [1.165, 1.54) is 13.0 Å². The maximum Gasteiger partial charge on any atom is 0.302 e. The largest absolute Gasteiger partial charge is 0.466 e. The highest BCUT2D eigenvalue weighted by Crippen LogP contribution is 2.43.